The first-order valence-electron chi connectivity index (χ1n) is 5.47. The Bertz CT molecular complexity index is 515. The van der Waals surface area contributed by atoms with Gasteiger partial charge in [0.2, 0.25) is 0 Å². The van der Waals surface area contributed by atoms with Crippen LogP contribution in [0.15, 0.2) is 53.4 Å². The van der Waals surface area contributed by atoms with Crippen LogP contribution in [0.3, 0.4) is 0 Å². The molecule has 0 aromatic heterocycles. The molecule has 0 heterocycles. The van der Waals surface area contributed by atoms with Crippen LogP contribution in [-0.4, -0.2) is 10.9 Å². The minimum atomic E-state index is -0.633. The smallest absolute Gasteiger partial charge is 0.136 e. The summed E-state index contributed by atoms with van der Waals surface area (Å²) in [7, 11) is 0. The van der Waals surface area contributed by atoms with Crippen LogP contribution in [0.25, 0.3) is 0 Å². The highest BCUT2D eigenvalue weighted by Gasteiger charge is 2.09. The Kier molecular flexibility index (Phi) is 4.64. The molecule has 4 heteroatoms. The summed E-state index contributed by atoms with van der Waals surface area (Å²) in [5.74, 6) is 0.147. The van der Waals surface area contributed by atoms with E-state index in [1.165, 1.54) is 17.8 Å². The van der Waals surface area contributed by atoms with Crippen LogP contribution >= 0.6 is 23.4 Å². The summed E-state index contributed by atoms with van der Waals surface area (Å²) in [4.78, 5) is 0.547. The Morgan fingerprint density at radius 3 is 2.44 bits per heavy atom. The van der Waals surface area contributed by atoms with Gasteiger partial charge in [0, 0.05) is 15.7 Å². The van der Waals surface area contributed by atoms with Crippen molar-refractivity contribution >= 4 is 23.4 Å². The summed E-state index contributed by atoms with van der Waals surface area (Å²) in [6.07, 6.45) is -0.633. The molecule has 2 aromatic rings. The number of aliphatic hydroxyl groups is 1. The summed E-state index contributed by atoms with van der Waals surface area (Å²) in [6, 6.07) is 13.5. The van der Waals surface area contributed by atoms with Crippen LogP contribution in [0.1, 0.15) is 11.7 Å². The number of rotatable bonds is 4. The third-order valence-electron chi connectivity index (χ3n) is 2.49. The maximum Gasteiger partial charge on any atom is 0.136 e. The van der Waals surface area contributed by atoms with Gasteiger partial charge < -0.3 is 5.11 Å². The molecule has 0 bridgehead atoms. The van der Waals surface area contributed by atoms with E-state index in [-0.39, 0.29) is 5.82 Å². The Morgan fingerprint density at radius 1 is 1.11 bits per heavy atom. The minimum absolute atomic E-state index is 0.259. The van der Waals surface area contributed by atoms with E-state index in [2.05, 4.69) is 0 Å². The highest BCUT2D eigenvalue weighted by atomic mass is 35.5. The Balaban J connectivity index is 1.98. The molecule has 18 heavy (non-hydrogen) atoms. The van der Waals surface area contributed by atoms with Crippen molar-refractivity contribution in [1.82, 2.24) is 0 Å². The molecule has 0 fully saturated rings. The van der Waals surface area contributed by atoms with Gasteiger partial charge in [0.25, 0.3) is 0 Å². The quantitative estimate of drug-likeness (QED) is 0.844. The Morgan fingerprint density at radius 2 is 1.78 bits per heavy atom. The van der Waals surface area contributed by atoms with Gasteiger partial charge in [-0.15, -0.1) is 11.8 Å². The second-order valence-electron chi connectivity index (χ2n) is 3.81. The van der Waals surface area contributed by atoms with Gasteiger partial charge in [-0.3, -0.25) is 0 Å². The Hall–Kier alpha value is -1.03. The van der Waals surface area contributed by atoms with Gasteiger partial charge in [0.1, 0.15) is 5.82 Å². The summed E-state index contributed by atoms with van der Waals surface area (Å²) in [6.45, 7) is 0. The molecule has 2 rings (SSSR count). The van der Waals surface area contributed by atoms with Gasteiger partial charge in [0.05, 0.1) is 6.10 Å². The number of thioether (sulfide) groups is 1. The maximum absolute atomic E-state index is 13.4. The minimum Gasteiger partial charge on any atom is -0.388 e. The van der Waals surface area contributed by atoms with Crippen LogP contribution in [-0.2, 0) is 0 Å². The molecule has 2 aromatic carbocycles. The van der Waals surface area contributed by atoms with E-state index in [4.69, 9.17) is 11.6 Å². The number of aliphatic hydroxyl groups excluding tert-OH is 1. The number of hydrogen-bond acceptors (Lipinski definition) is 2. The summed E-state index contributed by atoms with van der Waals surface area (Å²) < 4.78 is 13.4. The van der Waals surface area contributed by atoms with Crippen molar-refractivity contribution in [1.29, 1.82) is 0 Å². The summed E-state index contributed by atoms with van der Waals surface area (Å²) >= 11 is 7.07. The lowest BCUT2D eigenvalue weighted by Crippen LogP contribution is -2.00. The molecule has 0 aliphatic rings. The lowest BCUT2D eigenvalue weighted by atomic mass is 10.1. The van der Waals surface area contributed by atoms with Gasteiger partial charge in [0.15, 0.2) is 0 Å². The molecule has 0 aliphatic heterocycles. The van der Waals surface area contributed by atoms with Crippen LogP contribution in [0, 0.1) is 5.82 Å². The molecule has 0 aliphatic carbocycles. The summed E-state index contributed by atoms with van der Waals surface area (Å²) in [5.41, 5.74) is 0.781. The predicted octanol–water partition coefficient (Wildman–Crippen LogP) is 4.30. The second-order valence-corrected chi connectivity index (χ2v) is 5.31. The third kappa shape index (κ3) is 3.48. The maximum atomic E-state index is 13.4. The molecule has 1 unspecified atom stereocenters. The van der Waals surface area contributed by atoms with E-state index in [1.54, 1.807) is 42.5 Å². The molecule has 0 spiro atoms. The highest BCUT2D eigenvalue weighted by molar-refractivity contribution is 7.99. The van der Waals surface area contributed by atoms with Crippen LogP contribution in [0.5, 0.6) is 0 Å². The first-order chi connectivity index (χ1) is 8.66. The van der Waals surface area contributed by atoms with Crippen molar-refractivity contribution in [2.24, 2.45) is 0 Å². The fraction of sp³-hybridized carbons (Fsp3) is 0.143. The monoisotopic (exact) mass is 282 g/mol. The first-order valence-corrected chi connectivity index (χ1v) is 6.84. The first kappa shape index (κ1) is 13.4. The zero-order valence-electron chi connectivity index (χ0n) is 9.51. The second kappa shape index (κ2) is 6.23. The fourth-order valence-corrected chi connectivity index (χ4v) is 2.55. The van der Waals surface area contributed by atoms with Crippen molar-refractivity contribution in [3.63, 3.8) is 0 Å². The molecule has 1 N–H and O–H groups in total. The van der Waals surface area contributed by atoms with Gasteiger partial charge in [-0.1, -0.05) is 35.9 Å². The molecule has 0 radical (unpaired) electrons. The van der Waals surface area contributed by atoms with Crippen molar-refractivity contribution in [3.8, 4) is 0 Å². The van der Waals surface area contributed by atoms with E-state index in [0.29, 0.717) is 15.7 Å². The van der Waals surface area contributed by atoms with Crippen molar-refractivity contribution < 1.29 is 9.50 Å². The third-order valence-corrected chi connectivity index (χ3v) is 3.86. The summed E-state index contributed by atoms with van der Waals surface area (Å²) in [5, 5.41) is 10.6. The molecule has 0 amide bonds. The molecular formula is C14H12ClFOS. The SMILES string of the molecule is OC(CSc1ccccc1F)c1ccc(Cl)cc1. The average Bonchev–Trinajstić information content (AvgIpc) is 2.38. The van der Waals surface area contributed by atoms with E-state index < -0.39 is 6.10 Å². The van der Waals surface area contributed by atoms with Gasteiger partial charge in [-0.05, 0) is 29.8 Å². The average molecular weight is 283 g/mol. The van der Waals surface area contributed by atoms with E-state index in [0.717, 1.165) is 5.56 Å². The zero-order valence-corrected chi connectivity index (χ0v) is 11.1. The number of hydrogen-bond donors (Lipinski definition) is 1. The molecule has 0 saturated carbocycles. The molecule has 1 atom stereocenters. The Labute approximate surface area is 115 Å². The topological polar surface area (TPSA) is 20.2 Å². The molecule has 94 valence electrons. The van der Waals surface area contributed by atoms with E-state index in [1.807, 2.05) is 0 Å². The highest BCUT2D eigenvalue weighted by Crippen LogP contribution is 2.27. The fourth-order valence-electron chi connectivity index (χ4n) is 1.51. The van der Waals surface area contributed by atoms with E-state index in [9.17, 15) is 9.50 Å². The lowest BCUT2D eigenvalue weighted by Gasteiger charge is -2.11. The van der Waals surface area contributed by atoms with Gasteiger partial charge in [-0.25, -0.2) is 4.39 Å². The van der Waals surface area contributed by atoms with Crippen LogP contribution in [0.2, 0.25) is 5.02 Å². The van der Waals surface area contributed by atoms with Crippen molar-refractivity contribution in [2.45, 2.75) is 11.0 Å². The normalized spacial score (nSPS) is 12.4. The van der Waals surface area contributed by atoms with Crippen LogP contribution < -0.4 is 0 Å². The predicted molar refractivity (Wildman–Crippen MR) is 73.5 cm³/mol. The van der Waals surface area contributed by atoms with Crippen LogP contribution in [0.4, 0.5) is 4.39 Å². The zero-order chi connectivity index (χ0) is 13.0. The largest absolute Gasteiger partial charge is 0.388 e. The van der Waals surface area contributed by atoms with E-state index >= 15 is 0 Å². The molecule has 0 saturated heterocycles. The van der Waals surface area contributed by atoms with Crippen molar-refractivity contribution in [2.75, 3.05) is 5.75 Å². The standard InChI is InChI=1S/C14H12ClFOS/c15-11-7-5-10(6-8-11)13(17)9-18-14-4-2-1-3-12(14)16/h1-8,13,17H,9H2. The van der Waals surface area contributed by atoms with Gasteiger partial charge >= 0.3 is 0 Å². The molecule has 1 nitrogen and oxygen atoms in total. The van der Waals surface area contributed by atoms with Gasteiger partial charge in [-0.2, -0.15) is 0 Å². The number of benzene rings is 2. The lowest BCUT2D eigenvalue weighted by molar-refractivity contribution is 0.204. The number of halogens is 2. The van der Waals surface area contributed by atoms with Crippen molar-refractivity contribution in [3.05, 3.63) is 64.9 Å². The molecular weight excluding hydrogens is 271 g/mol.